The number of rotatable bonds is 7. The molecular weight excluding hydrogens is 549 g/mol. The van der Waals surface area contributed by atoms with Crippen molar-refractivity contribution >= 4 is 17.8 Å². The number of urea groups is 1. The van der Waals surface area contributed by atoms with E-state index < -0.39 is 35.8 Å². The van der Waals surface area contributed by atoms with Crippen molar-refractivity contribution in [1.29, 1.82) is 0 Å². The van der Waals surface area contributed by atoms with Crippen LogP contribution in [-0.4, -0.2) is 77.0 Å². The molecule has 3 aliphatic heterocycles. The van der Waals surface area contributed by atoms with E-state index in [1.165, 1.54) is 34.1 Å². The summed E-state index contributed by atoms with van der Waals surface area (Å²) in [6.45, 7) is 8.05. The Morgan fingerprint density at radius 2 is 1.71 bits per heavy atom. The second kappa shape index (κ2) is 11.6. The lowest BCUT2D eigenvalue weighted by molar-refractivity contribution is -0.151. The quantitative estimate of drug-likeness (QED) is 0.494. The van der Waals surface area contributed by atoms with E-state index in [9.17, 15) is 27.6 Å². The lowest BCUT2D eigenvalue weighted by atomic mass is 9.91. The Bertz CT molecular complexity index is 1400. The molecule has 0 radical (unpaired) electrons. The molecule has 8 nitrogen and oxygen atoms in total. The minimum atomic E-state index is -4.71. The third-order valence-electron chi connectivity index (χ3n) is 7.80. The Labute approximate surface area is 242 Å². The van der Waals surface area contributed by atoms with E-state index in [-0.39, 0.29) is 54.5 Å². The molecule has 0 saturated carbocycles. The molecule has 0 aliphatic carbocycles. The van der Waals surface area contributed by atoms with Gasteiger partial charge in [-0.3, -0.25) is 14.5 Å². The molecule has 0 aromatic heterocycles. The molecule has 3 aliphatic rings. The first-order valence-corrected chi connectivity index (χ1v) is 13.9. The summed E-state index contributed by atoms with van der Waals surface area (Å²) in [5.74, 6) is -0.875. The Morgan fingerprint density at radius 1 is 1.07 bits per heavy atom. The third-order valence-corrected chi connectivity index (χ3v) is 7.80. The fourth-order valence-electron chi connectivity index (χ4n) is 6.06. The monoisotopic (exact) mass is 582 g/mol. The second-order valence-corrected chi connectivity index (χ2v) is 10.9. The number of nitrogens with zero attached hydrogens (tertiary/aromatic N) is 3. The zero-order valence-electron chi connectivity index (χ0n) is 23.4. The standard InChI is InChI=1S/C31H33F3N4O4/c1-4-14-37-25-18-38(24(15-21-10-6-5-7-11-21)28(39)36-16-19(2)42-20(3)17-36)29(40)26(25)27(35-30(37)41)22-12-8-9-13-23(22)31(32,33)34/h4-13,19-20,24,27H,1,14-18H2,2-3H3,(H,35,41). The first-order chi connectivity index (χ1) is 20.0. The van der Waals surface area contributed by atoms with Crippen LogP contribution < -0.4 is 5.32 Å². The largest absolute Gasteiger partial charge is 0.416 e. The topological polar surface area (TPSA) is 82.2 Å². The van der Waals surface area contributed by atoms with Crippen molar-refractivity contribution in [3.05, 3.63) is 95.2 Å². The second-order valence-electron chi connectivity index (χ2n) is 10.9. The Morgan fingerprint density at radius 3 is 2.36 bits per heavy atom. The van der Waals surface area contributed by atoms with Crippen molar-refractivity contribution in [3.8, 4) is 0 Å². The van der Waals surface area contributed by atoms with Gasteiger partial charge >= 0.3 is 12.2 Å². The zero-order valence-corrected chi connectivity index (χ0v) is 23.4. The smallest absolute Gasteiger partial charge is 0.372 e. The van der Waals surface area contributed by atoms with Gasteiger partial charge in [-0.05, 0) is 31.0 Å². The predicted molar refractivity (Wildman–Crippen MR) is 149 cm³/mol. The summed E-state index contributed by atoms with van der Waals surface area (Å²) in [5.41, 5.74) is -0.0817. The summed E-state index contributed by atoms with van der Waals surface area (Å²) in [7, 11) is 0. The van der Waals surface area contributed by atoms with Crippen molar-refractivity contribution in [2.45, 2.75) is 50.7 Å². The van der Waals surface area contributed by atoms with Crippen molar-refractivity contribution < 1.29 is 32.3 Å². The molecule has 0 bridgehead atoms. The van der Waals surface area contributed by atoms with E-state index in [1.54, 1.807) is 4.90 Å². The molecule has 4 amide bonds. The fourth-order valence-corrected chi connectivity index (χ4v) is 6.06. The molecule has 3 heterocycles. The summed E-state index contributed by atoms with van der Waals surface area (Å²) in [6.07, 6.45) is -3.45. The number of benzene rings is 2. The highest BCUT2D eigenvalue weighted by atomic mass is 19.4. The number of halogens is 3. The Kier molecular flexibility index (Phi) is 8.14. The van der Waals surface area contributed by atoms with Crippen molar-refractivity contribution in [3.63, 3.8) is 0 Å². The minimum absolute atomic E-state index is 0.0164. The number of alkyl halides is 3. The predicted octanol–water partition coefficient (Wildman–Crippen LogP) is 4.30. The SMILES string of the molecule is C=CCN1C(=O)NC(c2ccccc2C(F)(F)F)C2=C1CN(C(Cc1ccccc1)C(=O)N1CC(C)OC(C)C1)C2=O. The van der Waals surface area contributed by atoms with Gasteiger partial charge in [-0.15, -0.1) is 6.58 Å². The maximum absolute atomic E-state index is 14.3. The van der Waals surface area contributed by atoms with Gasteiger partial charge in [-0.25, -0.2) is 4.79 Å². The van der Waals surface area contributed by atoms with Crippen LogP contribution in [0.2, 0.25) is 0 Å². The molecule has 0 spiro atoms. The average Bonchev–Trinajstić information content (AvgIpc) is 3.29. The van der Waals surface area contributed by atoms with Crippen LogP contribution >= 0.6 is 0 Å². The van der Waals surface area contributed by atoms with E-state index in [1.807, 2.05) is 44.2 Å². The molecule has 4 atom stereocenters. The molecule has 2 aromatic carbocycles. The maximum Gasteiger partial charge on any atom is 0.416 e. The van der Waals surface area contributed by atoms with Gasteiger partial charge in [0.2, 0.25) is 5.91 Å². The number of hydrogen-bond acceptors (Lipinski definition) is 4. The van der Waals surface area contributed by atoms with Crippen LogP contribution in [0.4, 0.5) is 18.0 Å². The summed E-state index contributed by atoms with van der Waals surface area (Å²) in [4.78, 5) is 46.0. The van der Waals surface area contributed by atoms with Crippen LogP contribution in [0.1, 0.15) is 36.6 Å². The number of carbonyl (C=O) groups excluding carboxylic acids is 3. The van der Waals surface area contributed by atoms with Gasteiger partial charge in [0.25, 0.3) is 5.91 Å². The summed E-state index contributed by atoms with van der Waals surface area (Å²) >= 11 is 0. The number of morpholine rings is 1. The normalized spacial score (nSPS) is 23.5. The van der Waals surface area contributed by atoms with Crippen LogP contribution in [0.3, 0.4) is 0 Å². The lowest BCUT2D eigenvalue weighted by Gasteiger charge is -2.39. The Hall–Kier alpha value is -4.12. The molecule has 1 saturated heterocycles. The molecular formula is C31H33F3N4O4. The highest BCUT2D eigenvalue weighted by Crippen LogP contribution is 2.42. The van der Waals surface area contributed by atoms with E-state index in [2.05, 4.69) is 11.9 Å². The lowest BCUT2D eigenvalue weighted by Crippen LogP contribution is -2.56. The number of hydrogen-bond donors (Lipinski definition) is 1. The van der Waals surface area contributed by atoms with Crippen molar-refractivity contribution in [1.82, 2.24) is 20.0 Å². The number of amides is 4. The van der Waals surface area contributed by atoms with Crippen LogP contribution in [0.5, 0.6) is 0 Å². The van der Waals surface area contributed by atoms with Crippen LogP contribution in [-0.2, 0) is 26.9 Å². The zero-order chi connectivity index (χ0) is 30.2. The molecule has 4 unspecified atom stereocenters. The molecule has 42 heavy (non-hydrogen) atoms. The van der Waals surface area contributed by atoms with Crippen LogP contribution in [0, 0.1) is 0 Å². The van der Waals surface area contributed by atoms with E-state index >= 15 is 0 Å². The van der Waals surface area contributed by atoms with Gasteiger partial charge in [0.1, 0.15) is 6.04 Å². The van der Waals surface area contributed by atoms with Crippen LogP contribution in [0.15, 0.2) is 78.5 Å². The Balaban J connectivity index is 1.57. The number of ether oxygens (including phenoxy) is 1. The highest BCUT2D eigenvalue weighted by Gasteiger charge is 2.49. The first-order valence-electron chi connectivity index (χ1n) is 13.9. The summed E-state index contributed by atoms with van der Waals surface area (Å²) in [6, 6.07) is 11.2. The molecule has 11 heteroatoms. The average molecular weight is 583 g/mol. The molecule has 222 valence electrons. The van der Waals surface area contributed by atoms with E-state index in [0.29, 0.717) is 13.1 Å². The van der Waals surface area contributed by atoms with Gasteiger partial charge in [-0.1, -0.05) is 54.6 Å². The van der Waals surface area contributed by atoms with Crippen molar-refractivity contribution in [2.75, 3.05) is 26.2 Å². The highest BCUT2D eigenvalue weighted by molar-refractivity contribution is 6.03. The van der Waals surface area contributed by atoms with E-state index in [4.69, 9.17) is 4.74 Å². The number of nitrogens with one attached hydrogen (secondary N) is 1. The molecule has 1 N–H and O–H groups in total. The molecule has 2 aromatic rings. The van der Waals surface area contributed by atoms with Gasteiger partial charge in [0, 0.05) is 26.1 Å². The van der Waals surface area contributed by atoms with Gasteiger partial charge in [-0.2, -0.15) is 13.2 Å². The van der Waals surface area contributed by atoms with Crippen molar-refractivity contribution in [2.24, 2.45) is 0 Å². The van der Waals surface area contributed by atoms with Gasteiger partial charge < -0.3 is 19.9 Å². The molecule has 5 rings (SSSR count). The first kappa shape index (κ1) is 29.4. The van der Waals surface area contributed by atoms with Gasteiger partial charge in [0.05, 0.1) is 41.6 Å². The fraction of sp³-hybridized carbons (Fsp3) is 0.387. The van der Waals surface area contributed by atoms with Gasteiger partial charge in [0.15, 0.2) is 0 Å². The van der Waals surface area contributed by atoms with E-state index in [0.717, 1.165) is 11.6 Å². The minimum Gasteiger partial charge on any atom is -0.372 e. The third kappa shape index (κ3) is 5.65. The maximum atomic E-state index is 14.3. The number of carbonyl (C=O) groups is 3. The summed E-state index contributed by atoms with van der Waals surface area (Å²) < 4.78 is 48.0. The van der Waals surface area contributed by atoms with Crippen LogP contribution in [0.25, 0.3) is 0 Å². The summed E-state index contributed by atoms with van der Waals surface area (Å²) in [5, 5.41) is 2.62. The molecule has 1 fully saturated rings.